The normalized spacial score (nSPS) is 12.7. The predicted octanol–water partition coefficient (Wildman–Crippen LogP) is -0.427. The molecule has 0 radical (unpaired) electrons. The summed E-state index contributed by atoms with van der Waals surface area (Å²) in [5, 5.41) is -1.05. The van der Waals surface area contributed by atoms with Crippen LogP contribution in [0.1, 0.15) is 13.8 Å². The van der Waals surface area contributed by atoms with Crippen LogP contribution in [0.15, 0.2) is 0 Å². The Hall–Kier alpha value is -0.520. The van der Waals surface area contributed by atoms with Crippen molar-refractivity contribution in [3.63, 3.8) is 0 Å². The molecular weight excluding hydrogens is 219 g/mol. The smallest absolute Gasteiger partial charge is 0.360 e. The fourth-order valence-electron chi connectivity index (χ4n) is 0.492. The fourth-order valence-corrected chi connectivity index (χ4v) is 3.10. The molecule has 0 aromatic carbocycles. The Morgan fingerprint density at radius 1 is 1.46 bits per heavy atom. The number of hydrogen-bond acceptors (Lipinski definition) is 3. The number of hydrogen-bond donors (Lipinski definition) is 2. The van der Waals surface area contributed by atoms with Gasteiger partial charge in [0.25, 0.3) is 9.84 Å². The van der Waals surface area contributed by atoms with Crippen LogP contribution in [-0.2, 0) is 14.4 Å². The van der Waals surface area contributed by atoms with Gasteiger partial charge in [-0.1, -0.05) is 0 Å². The van der Waals surface area contributed by atoms with Crippen molar-refractivity contribution in [2.45, 2.75) is 19.1 Å². The van der Waals surface area contributed by atoms with Crippen molar-refractivity contribution >= 4 is 22.2 Å². The van der Waals surface area contributed by atoms with Crippen LogP contribution >= 0.6 is 7.60 Å². The van der Waals surface area contributed by atoms with E-state index >= 15 is 0 Å². The van der Waals surface area contributed by atoms with Gasteiger partial charge in [-0.2, -0.15) is 0 Å². The van der Waals surface area contributed by atoms with Crippen molar-refractivity contribution in [3.05, 3.63) is 5.53 Å². The van der Waals surface area contributed by atoms with Crippen molar-refractivity contribution < 1.29 is 27.6 Å². The molecule has 0 heterocycles. The number of nitrogens with zero attached hydrogens (tertiary/aromatic N) is 2. The van der Waals surface area contributed by atoms with E-state index in [9.17, 15) is 13.0 Å². The third-order valence-corrected chi connectivity index (χ3v) is 5.11. The largest absolute Gasteiger partial charge is 0.490 e. The van der Waals surface area contributed by atoms with Gasteiger partial charge in [0.1, 0.15) is 0 Å². The van der Waals surface area contributed by atoms with E-state index in [4.69, 9.17) is 15.3 Å². The van der Waals surface area contributed by atoms with Gasteiger partial charge in [0, 0.05) is 0 Å². The monoisotopic (exact) mass is 228 g/mol. The van der Waals surface area contributed by atoms with Crippen LogP contribution in [0, 0.1) is 0 Å². The summed E-state index contributed by atoms with van der Waals surface area (Å²) in [5.74, 6) is 0. The highest BCUT2D eigenvalue weighted by molar-refractivity contribution is 8.19. The van der Waals surface area contributed by atoms with Gasteiger partial charge in [0.2, 0.25) is 0 Å². The quantitative estimate of drug-likeness (QED) is 0.218. The van der Waals surface area contributed by atoms with E-state index in [2.05, 4.69) is 4.79 Å². The molecule has 0 atom stereocenters. The average molecular weight is 228 g/mol. The van der Waals surface area contributed by atoms with Gasteiger partial charge in [-0.25, -0.2) is 13.0 Å². The third-order valence-electron chi connectivity index (χ3n) is 1.21. The van der Waals surface area contributed by atoms with E-state index in [1.54, 1.807) is 0 Å². The van der Waals surface area contributed by atoms with E-state index in [1.807, 2.05) is 0 Å². The highest BCUT2D eigenvalue weighted by Gasteiger charge is 2.46. The molecule has 13 heavy (non-hydrogen) atoms. The van der Waals surface area contributed by atoms with E-state index in [1.165, 1.54) is 13.8 Å². The Balaban J connectivity index is 5.58. The van der Waals surface area contributed by atoms with Crippen LogP contribution < -0.4 is 0 Å². The molecule has 0 aliphatic rings. The van der Waals surface area contributed by atoms with Gasteiger partial charge in [-0.15, -0.1) is 4.79 Å². The molecule has 0 aliphatic heterocycles. The molecule has 0 spiro atoms. The maximum absolute atomic E-state index is 11.1. The minimum absolute atomic E-state index is 1.05. The Morgan fingerprint density at radius 2 is 1.85 bits per heavy atom. The molecule has 0 aromatic rings. The summed E-state index contributed by atoms with van der Waals surface area (Å²) in [7, 11) is -9.25. The molecule has 9 heteroatoms. The first kappa shape index (κ1) is 12.5. The van der Waals surface area contributed by atoms with Gasteiger partial charge in [-0.05, 0) is 13.8 Å². The molecule has 0 fully saturated rings. The Bertz CT molecular complexity index is 387. The zero-order valence-corrected chi connectivity index (χ0v) is 8.66. The lowest BCUT2D eigenvalue weighted by atomic mass is 10.6. The van der Waals surface area contributed by atoms with Crippen molar-refractivity contribution in [3.8, 4) is 0 Å². The Labute approximate surface area is 75.1 Å². The molecule has 0 aliphatic carbocycles. The fraction of sp³-hybridized carbons (Fsp3) is 0.750. The summed E-state index contributed by atoms with van der Waals surface area (Å²) in [6, 6.07) is 0. The van der Waals surface area contributed by atoms with Gasteiger partial charge >= 0.3 is 12.4 Å². The van der Waals surface area contributed by atoms with Crippen LogP contribution in [-0.4, -0.2) is 33.0 Å². The molecule has 0 rings (SSSR count). The molecule has 0 unspecified atom stereocenters. The summed E-state index contributed by atoms with van der Waals surface area (Å²) < 4.78 is 32.8. The van der Waals surface area contributed by atoms with Gasteiger partial charge < -0.3 is 15.3 Å². The van der Waals surface area contributed by atoms with Crippen LogP contribution in [0.2, 0.25) is 0 Å². The van der Waals surface area contributed by atoms with Gasteiger partial charge in [0.15, 0.2) is 0 Å². The van der Waals surface area contributed by atoms with E-state index < -0.39 is 27.5 Å². The van der Waals surface area contributed by atoms with Crippen molar-refractivity contribution in [1.82, 2.24) is 0 Å². The van der Waals surface area contributed by atoms with E-state index in [0.29, 0.717) is 0 Å². The van der Waals surface area contributed by atoms with E-state index in [-0.39, 0.29) is 0 Å². The Morgan fingerprint density at radius 3 is 1.92 bits per heavy atom. The first-order valence-corrected chi connectivity index (χ1v) is 6.32. The molecule has 7 nitrogen and oxygen atoms in total. The minimum atomic E-state index is -5.04. The summed E-state index contributed by atoms with van der Waals surface area (Å²) in [4.78, 5) is 17.6. The van der Waals surface area contributed by atoms with Crippen LogP contribution in [0.25, 0.3) is 5.53 Å². The summed E-state index contributed by atoms with van der Waals surface area (Å²) in [6.07, 6.45) is 0. The van der Waals surface area contributed by atoms with Crippen LogP contribution in [0.3, 0.4) is 0 Å². The van der Waals surface area contributed by atoms with Crippen molar-refractivity contribution in [1.29, 1.82) is 0 Å². The van der Waals surface area contributed by atoms with Crippen LogP contribution in [0.4, 0.5) is 0 Å². The lowest BCUT2D eigenvalue weighted by molar-refractivity contribution is 0.00174. The summed E-state index contributed by atoms with van der Waals surface area (Å²) >= 11 is 0. The van der Waals surface area contributed by atoms with Crippen LogP contribution in [0.5, 0.6) is 0 Å². The first-order chi connectivity index (χ1) is 5.64. The van der Waals surface area contributed by atoms with Crippen molar-refractivity contribution in [2.24, 2.45) is 0 Å². The van der Waals surface area contributed by atoms with E-state index in [0.717, 1.165) is 0 Å². The van der Waals surface area contributed by atoms with Crippen molar-refractivity contribution in [2.75, 3.05) is 0 Å². The minimum Gasteiger partial charge on any atom is -0.360 e. The average Bonchev–Trinajstić information content (AvgIpc) is 1.83. The zero-order valence-electron chi connectivity index (χ0n) is 6.95. The molecule has 0 aromatic heterocycles. The lowest BCUT2D eigenvalue weighted by Crippen LogP contribution is -2.24. The molecule has 0 saturated heterocycles. The van der Waals surface area contributed by atoms with Gasteiger partial charge in [0.05, 0.1) is 5.25 Å². The summed E-state index contributed by atoms with van der Waals surface area (Å²) in [5.41, 5.74) is 8.16. The second-order valence-corrected chi connectivity index (χ2v) is 6.75. The second kappa shape index (κ2) is 3.69. The number of rotatable bonds is 2. The highest BCUT2D eigenvalue weighted by atomic mass is 32.2. The lowest BCUT2D eigenvalue weighted by Gasteiger charge is -2.03. The molecule has 76 valence electrons. The second-order valence-electron chi connectivity index (χ2n) is 2.52. The molecular formula is C4H9N2O5PS. The zero-order chi connectivity index (χ0) is 10.9. The summed E-state index contributed by atoms with van der Waals surface area (Å²) in [6.45, 7) is 2.44. The molecule has 2 N–H and O–H groups in total. The molecule has 0 saturated carbocycles. The number of sulfone groups is 1. The highest BCUT2D eigenvalue weighted by Crippen LogP contribution is 2.38. The van der Waals surface area contributed by atoms with Gasteiger partial charge in [-0.3, -0.25) is 0 Å². The maximum Gasteiger partial charge on any atom is 0.490 e. The molecule has 0 amide bonds. The third kappa shape index (κ3) is 2.72. The Kier molecular flexibility index (Phi) is 3.54. The topological polar surface area (TPSA) is 128 Å². The predicted molar refractivity (Wildman–Crippen MR) is 44.7 cm³/mol. The molecule has 0 bridgehead atoms. The first-order valence-electron chi connectivity index (χ1n) is 3.16. The SMILES string of the molecule is CC(C)S(=O)(=O)C(=[N+]=[N-])P(=O)(O)O. The maximum atomic E-state index is 11.1. The standard InChI is InChI=1S/C4H9N2O5PS/c1-3(2)13(10,11)4(6-5)12(7,8)9/h3H,1-2H3,(H2,7,8,9).